The first kappa shape index (κ1) is 12.1. The highest BCUT2D eigenvalue weighted by Crippen LogP contribution is 2.10. The molecule has 0 heterocycles. The summed E-state index contributed by atoms with van der Waals surface area (Å²) in [7, 11) is -3.79. The van der Waals surface area contributed by atoms with Gasteiger partial charge < -0.3 is 10.2 Å². The quantitative estimate of drug-likeness (QED) is 0.619. The number of aliphatic hydroxyl groups excluding tert-OH is 1. The highest BCUT2D eigenvalue weighted by atomic mass is 32.2. The van der Waals surface area contributed by atoms with Gasteiger partial charge in [-0.05, 0) is 19.1 Å². The zero-order chi connectivity index (χ0) is 11.5. The van der Waals surface area contributed by atoms with Crippen LogP contribution in [-0.2, 0) is 10.0 Å². The standard InChI is InChI=1S/C9H13NO4S/c1-9(12,7-11)10-15(13,14)8-5-3-2-4-6-8/h2-6,10-12H,7H2,1H3. The lowest BCUT2D eigenvalue weighted by Crippen LogP contribution is -2.48. The molecule has 0 saturated heterocycles. The van der Waals surface area contributed by atoms with Gasteiger partial charge in [0.15, 0.2) is 0 Å². The predicted molar refractivity (Wildman–Crippen MR) is 54.5 cm³/mol. The molecule has 15 heavy (non-hydrogen) atoms. The zero-order valence-electron chi connectivity index (χ0n) is 8.21. The number of nitrogens with one attached hydrogen (secondary N) is 1. The van der Waals surface area contributed by atoms with Crippen molar-refractivity contribution < 1.29 is 18.6 Å². The zero-order valence-corrected chi connectivity index (χ0v) is 9.03. The third kappa shape index (κ3) is 3.28. The molecule has 0 aliphatic rings. The molecule has 0 bridgehead atoms. The monoisotopic (exact) mass is 231 g/mol. The minimum Gasteiger partial charge on any atom is -0.392 e. The van der Waals surface area contributed by atoms with Crippen LogP contribution in [0.1, 0.15) is 6.92 Å². The van der Waals surface area contributed by atoms with Gasteiger partial charge >= 0.3 is 0 Å². The molecule has 1 rings (SSSR count). The predicted octanol–water partition coefficient (Wildman–Crippen LogP) is -0.334. The largest absolute Gasteiger partial charge is 0.392 e. The number of hydrogen-bond donors (Lipinski definition) is 3. The van der Waals surface area contributed by atoms with Crippen LogP contribution in [0.3, 0.4) is 0 Å². The van der Waals surface area contributed by atoms with Crippen LogP contribution in [0.5, 0.6) is 0 Å². The molecule has 0 amide bonds. The molecule has 1 aromatic rings. The minimum absolute atomic E-state index is 0.0405. The summed E-state index contributed by atoms with van der Waals surface area (Å²) in [5, 5.41) is 18.1. The van der Waals surface area contributed by atoms with E-state index in [1.165, 1.54) is 19.1 Å². The molecule has 0 fully saturated rings. The third-order valence-corrected chi connectivity index (χ3v) is 3.32. The van der Waals surface area contributed by atoms with E-state index >= 15 is 0 Å². The second-order valence-corrected chi connectivity index (χ2v) is 5.03. The first-order valence-corrected chi connectivity index (χ1v) is 5.78. The summed E-state index contributed by atoms with van der Waals surface area (Å²) < 4.78 is 25.2. The number of benzene rings is 1. The molecule has 5 nitrogen and oxygen atoms in total. The Balaban J connectivity index is 2.96. The third-order valence-electron chi connectivity index (χ3n) is 1.72. The van der Waals surface area contributed by atoms with Crippen molar-refractivity contribution in [2.75, 3.05) is 6.61 Å². The van der Waals surface area contributed by atoms with Gasteiger partial charge in [-0.2, -0.15) is 4.72 Å². The molecule has 1 aromatic carbocycles. The molecule has 0 spiro atoms. The van der Waals surface area contributed by atoms with Crippen molar-refractivity contribution in [1.29, 1.82) is 0 Å². The van der Waals surface area contributed by atoms with Gasteiger partial charge in [0.1, 0.15) is 5.72 Å². The maximum Gasteiger partial charge on any atom is 0.242 e. The Kier molecular flexibility index (Phi) is 3.46. The van der Waals surface area contributed by atoms with E-state index in [1.807, 2.05) is 4.72 Å². The second kappa shape index (κ2) is 4.28. The lowest BCUT2D eigenvalue weighted by molar-refractivity contribution is -0.00751. The van der Waals surface area contributed by atoms with E-state index in [0.717, 1.165) is 0 Å². The normalized spacial score (nSPS) is 15.9. The topological polar surface area (TPSA) is 86.6 Å². The highest BCUT2D eigenvalue weighted by Gasteiger charge is 2.26. The fraction of sp³-hybridized carbons (Fsp3) is 0.333. The maximum absolute atomic E-state index is 11.6. The molecule has 0 radical (unpaired) electrons. The first-order chi connectivity index (χ1) is 6.87. The molecule has 0 saturated carbocycles. The van der Waals surface area contributed by atoms with E-state index in [9.17, 15) is 13.5 Å². The van der Waals surface area contributed by atoms with Crippen molar-refractivity contribution in [3.05, 3.63) is 30.3 Å². The summed E-state index contributed by atoms with van der Waals surface area (Å²) in [4.78, 5) is 0.0405. The van der Waals surface area contributed by atoms with Gasteiger partial charge in [-0.15, -0.1) is 0 Å². The Morgan fingerprint density at radius 3 is 2.33 bits per heavy atom. The number of aliphatic hydroxyl groups is 2. The average molecular weight is 231 g/mol. The van der Waals surface area contributed by atoms with Gasteiger partial charge in [0, 0.05) is 0 Å². The Morgan fingerprint density at radius 1 is 1.33 bits per heavy atom. The molecule has 6 heteroatoms. The molecule has 84 valence electrons. The molecular weight excluding hydrogens is 218 g/mol. The summed E-state index contributed by atoms with van der Waals surface area (Å²) in [5.74, 6) is 0. The fourth-order valence-corrected chi connectivity index (χ4v) is 2.26. The molecular formula is C9H13NO4S. The Hall–Kier alpha value is -0.950. The number of hydrogen-bond acceptors (Lipinski definition) is 4. The van der Waals surface area contributed by atoms with Gasteiger partial charge in [-0.25, -0.2) is 8.42 Å². The average Bonchev–Trinajstić information content (AvgIpc) is 2.18. The van der Waals surface area contributed by atoms with E-state index in [0.29, 0.717) is 0 Å². The Morgan fingerprint density at radius 2 is 1.87 bits per heavy atom. The summed E-state index contributed by atoms with van der Waals surface area (Å²) in [6.45, 7) is 0.479. The van der Waals surface area contributed by atoms with Crippen LogP contribution in [0, 0.1) is 0 Å². The van der Waals surface area contributed by atoms with Crippen molar-refractivity contribution in [2.45, 2.75) is 17.5 Å². The number of sulfonamides is 1. The summed E-state index contributed by atoms with van der Waals surface area (Å²) in [6.07, 6.45) is 0. The minimum atomic E-state index is -3.79. The molecule has 0 aliphatic heterocycles. The molecule has 3 N–H and O–H groups in total. The van der Waals surface area contributed by atoms with Crippen molar-refractivity contribution in [1.82, 2.24) is 4.72 Å². The lowest BCUT2D eigenvalue weighted by Gasteiger charge is -2.21. The van der Waals surface area contributed by atoms with Crippen LogP contribution in [0.25, 0.3) is 0 Å². The van der Waals surface area contributed by atoms with Crippen molar-refractivity contribution in [3.8, 4) is 0 Å². The fourth-order valence-electron chi connectivity index (χ4n) is 0.980. The Labute approximate surface area is 88.4 Å². The summed E-state index contributed by atoms with van der Waals surface area (Å²) in [5.41, 5.74) is -1.85. The van der Waals surface area contributed by atoms with Crippen LogP contribution >= 0.6 is 0 Å². The van der Waals surface area contributed by atoms with Crippen molar-refractivity contribution >= 4 is 10.0 Å². The van der Waals surface area contributed by atoms with Gasteiger partial charge in [0.2, 0.25) is 10.0 Å². The smallest absolute Gasteiger partial charge is 0.242 e. The second-order valence-electron chi connectivity index (χ2n) is 3.35. The van der Waals surface area contributed by atoms with Crippen LogP contribution < -0.4 is 4.72 Å². The van der Waals surface area contributed by atoms with E-state index in [1.54, 1.807) is 18.2 Å². The van der Waals surface area contributed by atoms with Gasteiger partial charge in [-0.3, -0.25) is 0 Å². The van der Waals surface area contributed by atoms with Gasteiger partial charge in [0.05, 0.1) is 11.5 Å². The van der Waals surface area contributed by atoms with Gasteiger partial charge in [-0.1, -0.05) is 18.2 Å². The molecule has 1 unspecified atom stereocenters. The number of rotatable bonds is 4. The first-order valence-electron chi connectivity index (χ1n) is 4.30. The van der Waals surface area contributed by atoms with E-state index in [2.05, 4.69) is 0 Å². The molecule has 0 aromatic heterocycles. The van der Waals surface area contributed by atoms with E-state index in [4.69, 9.17) is 5.11 Å². The van der Waals surface area contributed by atoms with Crippen LogP contribution in [0.2, 0.25) is 0 Å². The van der Waals surface area contributed by atoms with Crippen molar-refractivity contribution in [2.24, 2.45) is 0 Å². The summed E-state index contributed by atoms with van der Waals surface area (Å²) in [6, 6.07) is 7.62. The lowest BCUT2D eigenvalue weighted by atomic mass is 10.3. The maximum atomic E-state index is 11.6. The van der Waals surface area contributed by atoms with Crippen molar-refractivity contribution in [3.63, 3.8) is 0 Å². The van der Waals surface area contributed by atoms with Crippen LogP contribution in [0.4, 0.5) is 0 Å². The van der Waals surface area contributed by atoms with Crippen LogP contribution in [-0.4, -0.2) is 31.0 Å². The molecule has 0 aliphatic carbocycles. The summed E-state index contributed by atoms with van der Waals surface area (Å²) >= 11 is 0. The molecule has 1 atom stereocenters. The SMILES string of the molecule is CC(O)(CO)NS(=O)(=O)c1ccccc1. The van der Waals surface area contributed by atoms with E-state index in [-0.39, 0.29) is 4.90 Å². The highest BCUT2D eigenvalue weighted by molar-refractivity contribution is 7.89. The van der Waals surface area contributed by atoms with Crippen LogP contribution in [0.15, 0.2) is 35.2 Å². The van der Waals surface area contributed by atoms with Gasteiger partial charge in [0.25, 0.3) is 0 Å². The van der Waals surface area contributed by atoms with E-state index < -0.39 is 22.4 Å². The Bertz CT molecular complexity index is 413.